The van der Waals surface area contributed by atoms with Crippen LogP contribution in [0.15, 0.2) is 30.3 Å². The fourth-order valence-corrected chi connectivity index (χ4v) is 2.85. The van der Waals surface area contributed by atoms with E-state index in [1.54, 1.807) is 0 Å². The van der Waals surface area contributed by atoms with Crippen molar-refractivity contribution in [1.29, 1.82) is 0 Å². The van der Waals surface area contributed by atoms with E-state index in [9.17, 15) is 9.59 Å². The number of hydrogen-bond donors (Lipinski definition) is 3. The molecule has 0 bridgehead atoms. The molecule has 0 fully saturated rings. The molecular weight excluding hydrogens is 360 g/mol. The highest BCUT2D eigenvalue weighted by Gasteiger charge is 2.27. The Labute approximate surface area is 154 Å². The highest BCUT2D eigenvalue weighted by atomic mass is 32.1. The van der Waals surface area contributed by atoms with Crippen molar-refractivity contribution in [2.24, 2.45) is 5.92 Å². The highest BCUT2D eigenvalue weighted by Crippen LogP contribution is 2.15. The van der Waals surface area contributed by atoms with Crippen molar-refractivity contribution in [2.75, 3.05) is 5.32 Å². The van der Waals surface area contributed by atoms with E-state index >= 15 is 0 Å². The molecule has 0 saturated carbocycles. The van der Waals surface area contributed by atoms with Gasteiger partial charge < -0.3 is 10.1 Å². The molecule has 3 N–H and O–H groups in total. The number of anilines is 1. The summed E-state index contributed by atoms with van der Waals surface area (Å²) in [6.45, 7) is 3.97. The summed E-state index contributed by atoms with van der Waals surface area (Å²) in [5.41, 5.74) is 0.874. The molecule has 0 spiro atoms. The van der Waals surface area contributed by atoms with Crippen molar-refractivity contribution in [3.63, 3.8) is 0 Å². The van der Waals surface area contributed by atoms with Crippen LogP contribution in [-0.4, -0.2) is 28.2 Å². The molecule has 2 atom stereocenters. The van der Waals surface area contributed by atoms with E-state index in [4.69, 9.17) is 17.0 Å². The zero-order valence-electron chi connectivity index (χ0n) is 13.9. The van der Waals surface area contributed by atoms with Crippen molar-refractivity contribution in [2.45, 2.75) is 32.9 Å². The van der Waals surface area contributed by atoms with E-state index < -0.39 is 12.1 Å². The van der Waals surface area contributed by atoms with Gasteiger partial charge in [0.05, 0.1) is 0 Å². The molecule has 0 unspecified atom stereocenters. The van der Waals surface area contributed by atoms with Crippen LogP contribution in [0.3, 0.4) is 0 Å². The molecule has 25 heavy (non-hydrogen) atoms. The second-order valence-electron chi connectivity index (χ2n) is 5.48. The Kier molecular flexibility index (Phi) is 7.08. The molecule has 134 valence electrons. The molecule has 9 heteroatoms. The number of carbonyl (C=O) groups excluding carboxylic acids is 2. The largest absolute Gasteiger partial charge is 0.445 e. The van der Waals surface area contributed by atoms with Gasteiger partial charge in [0.1, 0.15) is 12.6 Å². The summed E-state index contributed by atoms with van der Waals surface area (Å²) in [6.07, 6.45) is 0.0758. The summed E-state index contributed by atoms with van der Waals surface area (Å²) in [4.78, 5) is 24.5. The number of H-pyrrole nitrogens is 1. The molecule has 0 aliphatic rings. The van der Waals surface area contributed by atoms with E-state index in [2.05, 4.69) is 20.8 Å². The Morgan fingerprint density at radius 1 is 1.36 bits per heavy atom. The van der Waals surface area contributed by atoms with Crippen LogP contribution in [0.4, 0.5) is 9.93 Å². The molecule has 0 radical (unpaired) electrons. The summed E-state index contributed by atoms with van der Waals surface area (Å²) in [7, 11) is 0. The second-order valence-corrected chi connectivity index (χ2v) is 7.14. The second kappa shape index (κ2) is 9.28. The van der Waals surface area contributed by atoms with E-state index in [0.717, 1.165) is 16.9 Å². The molecule has 2 amide bonds. The van der Waals surface area contributed by atoms with Crippen LogP contribution in [0.2, 0.25) is 0 Å². The number of ether oxygens (including phenoxy) is 1. The molecule has 2 rings (SSSR count). The quantitative estimate of drug-likeness (QED) is 0.639. The van der Waals surface area contributed by atoms with E-state index in [0.29, 0.717) is 15.5 Å². The topological polar surface area (TPSA) is 96.1 Å². The highest BCUT2D eigenvalue weighted by molar-refractivity contribution is 7.73. The van der Waals surface area contributed by atoms with Gasteiger partial charge in [-0.3, -0.25) is 15.2 Å². The van der Waals surface area contributed by atoms with Crippen LogP contribution < -0.4 is 10.6 Å². The number of nitrogens with one attached hydrogen (secondary N) is 3. The number of benzene rings is 1. The van der Waals surface area contributed by atoms with Crippen molar-refractivity contribution in [1.82, 2.24) is 15.5 Å². The van der Waals surface area contributed by atoms with Gasteiger partial charge in [0.15, 0.2) is 3.95 Å². The first-order valence-corrected chi connectivity index (χ1v) is 9.05. The number of aromatic amines is 1. The SMILES string of the molecule is CC[C@H](C)[C@H](NC(=O)OCc1ccccc1)C(=O)Nc1n[nH]c(=S)s1. The van der Waals surface area contributed by atoms with E-state index in [-0.39, 0.29) is 18.4 Å². The van der Waals surface area contributed by atoms with Gasteiger partial charge in [-0.2, -0.15) is 0 Å². The number of hydrogen-bond acceptors (Lipinski definition) is 6. The summed E-state index contributed by atoms with van der Waals surface area (Å²) in [5, 5.41) is 12.1. The lowest BCUT2D eigenvalue weighted by molar-refractivity contribution is -0.119. The normalized spacial score (nSPS) is 12.9. The first-order chi connectivity index (χ1) is 12.0. The van der Waals surface area contributed by atoms with Crippen molar-refractivity contribution in [3.8, 4) is 0 Å². The van der Waals surface area contributed by atoms with Gasteiger partial charge >= 0.3 is 6.09 Å². The third-order valence-electron chi connectivity index (χ3n) is 3.65. The minimum Gasteiger partial charge on any atom is -0.445 e. The predicted octanol–water partition coefficient (Wildman–Crippen LogP) is 3.48. The average Bonchev–Trinajstić information content (AvgIpc) is 3.02. The number of nitrogens with zero attached hydrogens (tertiary/aromatic N) is 1. The molecular formula is C16H20N4O3S2. The molecule has 0 aliphatic heterocycles. The summed E-state index contributed by atoms with van der Waals surface area (Å²) in [5.74, 6) is -0.431. The first kappa shape index (κ1) is 19.1. The predicted molar refractivity (Wildman–Crippen MR) is 98.9 cm³/mol. The third-order valence-corrected chi connectivity index (χ3v) is 4.65. The Morgan fingerprint density at radius 2 is 2.08 bits per heavy atom. The summed E-state index contributed by atoms with van der Waals surface area (Å²) >= 11 is 6.09. The van der Waals surface area contributed by atoms with Gasteiger partial charge in [0, 0.05) is 0 Å². The van der Waals surface area contributed by atoms with Gasteiger partial charge in [-0.05, 0) is 23.7 Å². The lowest BCUT2D eigenvalue weighted by Gasteiger charge is -2.22. The van der Waals surface area contributed by atoms with Crippen LogP contribution in [0, 0.1) is 9.87 Å². The summed E-state index contributed by atoms with van der Waals surface area (Å²) in [6, 6.07) is 8.60. The molecule has 0 aliphatic carbocycles. The number of alkyl carbamates (subject to hydrolysis) is 1. The smallest absolute Gasteiger partial charge is 0.408 e. The van der Waals surface area contributed by atoms with Crippen molar-refractivity contribution >= 4 is 40.7 Å². The Bertz CT molecular complexity index is 760. The van der Waals surface area contributed by atoms with E-state index in [1.807, 2.05) is 44.2 Å². The molecule has 1 heterocycles. The monoisotopic (exact) mass is 380 g/mol. The zero-order valence-corrected chi connectivity index (χ0v) is 15.6. The van der Waals surface area contributed by atoms with Gasteiger partial charge in [-0.1, -0.05) is 61.9 Å². The number of carbonyl (C=O) groups is 2. The van der Waals surface area contributed by atoms with Gasteiger partial charge in [-0.15, -0.1) is 5.10 Å². The first-order valence-electron chi connectivity index (χ1n) is 7.83. The standard InChI is InChI=1S/C16H20N4O3S2/c1-3-10(2)12(13(21)18-14-19-20-16(24)25-14)17-15(22)23-9-11-7-5-4-6-8-11/h4-8,10,12H,3,9H2,1-2H3,(H,17,22)(H,20,24)(H,18,19,21)/t10-,12-/m0/s1. The Hall–Kier alpha value is -2.26. The van der Waals surface area contributed by atoms with Crippen molar-refractivity contribution < 1.29 is 14.3 Å². The van der Waals surface area contributed by atoms with Crippen LogP contribution in [0.1, 0.15) is 25.8 Å². The number of amides is 2. The lowest BCUT2D eigenvalue weighted by atomic mass is 9.98. The zero-order chi connectivity index (χ0) is 18.2. The van der Waals surface area contributed by atoms with Crippen molar-refractivity contribution in [3.05, 3.63) is 39.8 Å². The maximum absolute atomic E-state index is 12.5. The fourth-order valence-electron chi connectivity index (χ4n) is 2.06. The lowest BCUT2D eigenvalue weighted by Crippen LogP contribution is -2.47. The minimum absolute atomic E-state index is 0.0730. The summed E-state index contributed by atoms with van der Waals surface area (Å²) < 4.78 is 5.66. The minimum atomic E-state index is -0.731. The maximum Gasteiger partial charge on any atom is 0.408 e. The van der Waals surface area contributed by atoms with Crippen LogP contribution in [0.25, 0.3) is 0 Å². The molecule has 1 aromatic carbocycles. The molecule has 7 nitrogen and oxygen atoms in total. The molecule has 1 aromatic heterocycles. The number of aromatic nitrogens is 2. The Balaban J connectivity index is 1.95. The maximum atomic E-state index is 12.5. The Morgan fingerprint density at radius 3 is 2.68 bits per heavy atom. The van der Waals surface area contributed by atoms with Gasteiger partial charge in [0.25, 0.3) is 0 Å². The fraction of sp³-hybridized carbons (Fsp3) is 0.375. The molecule has 0 saturated heterocycles. The van der Waals surface area contributed by atoms with Crippen LogP contribution in [-0.2, 0) is 16.1 Å². The van der Waals surface area contributed by atoms with Gasteiger partial charge in [0.2, 0.25) is 11.0 Å². The van der Waals surface area contributed by atoms with E-state index in [1.165, 1.54) is 0 Å². The molecule has 2 aromatic rings. The average molecular weight is 380 g/mol. The van der Waals surface area contributed by atoms with Crippen LogP contribution >= 0.6 is 23.6 Å². The third kappa shape index (κ3) is 5.95. The number of rotatable bonds is 7. The van der Waals surface area contributed by atoms with Crippen LogP contribution in [0.5, 0.6) is 0 Å². The van der Waals surface area contributed by atoms with Gasteiger partial charge in [-0.25, -0.2) is 4.79 Å².